The maximum atomic E-state index is 12.7. The van der Waals surface area contributed by atoms with Crippen LogP contribution in [0.15, 0.2) is 42.7 Å². The summed E-state index contributed by atoms with van der Waals surface area (Å²) < 4.78 is 29.0. The Morgan fingerprint density at radius 3 is 2.74 bits per heavy atom. The Balaban J connectivity index is 1.66. The molecule has 3 rings (SSSR count). The Kier molecular flexibility index (Phi) is 4.82. The van der Waals surface area contributed by atoms with Crippen LogP contribution in [0.3, 0.4) is 0 Å². The molecule has 1 saturated heterocycles. The zero-order valence-corrected chi connectivity index (χ0v) is 14.2. The van der Waals surface area contributed by atoms with Gasteiger partial charge in [-0.25, -0.2) is 17.7 Å². The maximum absolute atomic E-state index is 12.7. The van der Waals surface area contributed by atoms with Gasteiger partial charge in [0.25, 0.3) is 0 Å². The van der Waals surface area contributed by atoms with E-state index in [1.807, 2.05) is 48.1 Å². The van der Waals surface area contributed by atoms with Crippen molar-refractivity contribution in [3.05, 3.63) is 54.1 Å². The Bertz CT molecular complexity index is 740. The second kappa shape index (κ2) is 6.84. The fourth-order valence-corrected chi connectivity index (χ4v) is 4.82. The summed E-state index contributed by atoms with van der Waals surface area (Å²) in [5.41, 5.74) is 0.846. The molecule has 0 saturated carbocycles. The topological polar surface area (TPSA) is 55.2 Å². The average molecular weight is 333 g/mol. The molecule has 0 aliphatic carbocycles. The highest BCUT2D eigenvalue weighted by molar-refractivity contribution is 7.88. The molecule has 6 heteroatoms. The predicted octanol–water partition coefficient (Wildman–Crippen LogP) is 2.20. The minimum Gasteiger partial charge on any atom is -0.338 e. The van der Waals surface area contributed by atoms with Crippen molar-refractivity contribution in [1.82, 2.24) is 13.9 Å². The zero-order chi connectivity index (χ0) is 16.3. The molecule has 0 spiro atoms. The van der Waals surface area contributed by atoms with E-state index < -0.39 is 10.0 Å². The summed E-state index contributed by atoms with van der Waals surface area (Å²) in [5.74, 6) is 1.45. The molecule has 23 heavy (non-hydrogen) atoms. The van der Waals surface area contributed by atoms with Crippen LogP contribution >= 0.6 is 0 Å². The summed E-state index contributed by atoms with van der Waals surface area (Å²) in [5, 5.41) is 0. The van der Waals surface area contributed by atoms with Gasteiger partial charge >= 0.3 is 0 Å². The van der Waals surface area contributed by atoms with Gasteiger partial charge in [-0.15, -0.1) is 0 Å². The first-order valence-corrected chi connectivity index (χ1v) is 9.63. The number of rotatable bonds is 5. The quantitative estimate of drug-likeness (QED) is 0.843. The molecule has 2 heterocycles. The summed E-state index contributed by atoms with van der Waals surface area (Å²) in [6, 6.07) is 9.40. The van der Waals surface area contributed by atoms with E-state index in [2.05, 4.69) is 4.98 Å². The molecule has 1 aromatic heterocycles. The van der Waals surface area contributed by atoms with Gasteiger partial charge in [-0.1, -0.05) is 30.3 Å². The molecule has 1 fully saturated rings. The van der Waals surface area contributed by atoms with Gasteiger partial charge < -0.3 is 4.57 Å². The van der Waals surface area contributed by atoms with E-state index in [4.69, 9.17) is 0 Å². The van der Waals surface area contributed by atoms with Crippen molar-refractivity contribution in [2.75, 3.05) is 13.1 Å². The van der Waals surface area contributed by atoms with Crippen molar-refractivity contribution < 1.29 is 8.42 Å². The van der Waals surface area contributed by atoms with Gasteiger partial charge in [-0.3, -0.25) is 0 Å². The number of hydrogen-bond acceptors (Lipinski definition) is 3. The number of hydrogen-bond donors (Lipinski definition) is 0. The first kappa shape index (κ1) is 16.2. The summed E-state index contributed by atoms with van der Waals surface area (Å²) in [6.07, 6.45) is 6.54. The van der Waals surface area contributed by atoms with E-state index in [9.17, 15) is 8.42 Å². The van der Waals surface area contributed by atoms with E-state index in [-0.39, 0.29) is 5.75 Å². The second-order valence-corrected chi connectivity index (χ2v) is 8.24. The number of aryl methyl sites for hydroxylation is 1. The molecule has 0 amide bonds. The molecule has 1 unspecified atom stereocenters. The lowest BCUT2D eigenvalue weighted by Gasteiger charge is -2.31. The molecule has 0 radical (unpaired) electrons. The molecule has 1 aromatic carbocycles. The van der Waals surface area contributed by atoms with Crippen LogP contribution in [0.25, 0.3) is 0 Å². The second-order valence-electron chi connectivity index (χ2n) is 6.27. The van der Waals surface area contributed by atoms with Crippen LogP contribution < -0.4 is 0 Å². The fourth-order valence-electron chi connectivity index (χ4n) is 3.17. The standard InChI is InChI=1S/C17H23N3O2S/c1-19-11-9-18-17(19)12-16-8-5-10-20(13-16)23(21,22)14-15-6-3-2-4-7-15/h2-4,6-7,9,11,16H,5,8,10,12-14H2,1H3. The van der Waals surface area contributed by atoms with Gasteiger partial charge in [0.05, 0.1) is 5.75 Å². The lowest BCUT2D eigenvalue weighted by Crippen LogP contribution is -2.41. The summed E-state index contributed by atoms with van der Waals surface area (Å²) in [6.45, 7) is 1.23. The van der Waals surface area contributed by atoms with E-state index in [0.29, 0.717) is 19.0 Å². The average Bonchev–Trinajstić information content (AvgIpc) is 2.93. The van der Waals surface area contributed by atoms with Gasteiger partial charge in [-0.2, -0.15) is 0 Å². The first-order valence-electron chi connectivity index (χ1n) is 8.02. The summed E-state index contributed by atoms with van der Waals surface area (Å²) in [4.78, 5) is 4.36. The predicted molar refractivity (Wildman–Crippen MR) is 90.3 cm³/mol. The van der Waals surface area contributed by atoms with Crippen LogP contribution in [-0.2, 0) is 29.2 Å². The molecular formula is C17H23N3O2S. The molecule has 2 aromatic rings. The molecule has 0 N–H and O–H groups in total. The van der Waals surface area contributed by atoms with E-state index in [1.54, 1.807) is 10.5 Å². The van der Waals surface area contributed by atoms with Crippen molar-refractivity contribution in [2.45, 2.75) is 25.0 Å². The van der Waals surface area contributed by atoms with E-state index in [0.717, 1.165) is 30.7 Å². The molecular weight excluding hydrogens is 310 g/mol. The van der Waals surface area contributed by atoms with Gasteiger partial charge in [-0.05, 0) is 24.3 Å². The number of imidazole rings is 1. The zero-order valence-electron chi connectivity index (χ0n) is 13.4. The fraction of sp³-hybridized carbons (Fsp3) is 0.471. The van der Waals surface area contributed by atoms with Gasteiger partial charge in [0.2, 0.25) is 10.0 Å². The van der Waals surface area contributed by atoms with Crippen molar-refractivity contribution in [2.24, 2.45) is 13.0 Å². The third kappa shape index (κ3) is 4.00. The summed E-state index contributed by atoms with van der Waals surface area (Å²) >= 11 is 0. The number of aromatic nitrogens is 2. The van der Waals surface area contributed by atoms with Crippen LogP contribution in [0.1, 0.15) is 24.2 Å². The van der Waals surface area contributed by atoms with Gasteiger partial charge in [0, 0.05) is 39.0 Å². The van der Waals surface area contributed by atoms with Crippen molar-refractivity contribution in [1.29, 1.82) is 0 Å². The van der Waals surface area contributed by atoms with Crippen LogP contribution in [0.2, 0.25) is 0 Å². The van der Waals surface area contributed by atoms with Crippen molar-refractivity contribution >= 4 is 10.0 Å². The Morgan fingerprint density at radius 2 is 2.04 bits per heavy atom. The molecule has 1 aliphatic rings. The normalized spacial score (nSPS) is 19.8. The van der Waals surface area contributed by atoms with Crippen molar-refractivity contribution in [3.63, 3.8) is 0 Å². The van der Waals surface area contributed by atoms with Gasteiger partial charge in [0.15, 0.2) is 0 Å². The highest BCUT2D eigenvalue weighted by Gasteiger charge is 2.29. The van der Waals surface area contributed by atoms with Crippen molar-refractivity contribution in [3.8, 4) is 0 Å². The highest BCUT2D eigenvalue weighted by Crippen LogP contribution is 2.23. The monoisotopic (exact) mass is 333 g/mol. The van der Waals surface area contributed by atoms with Crippen LogP contribution in [0.4, 0.5) is 0 Å². The van der Waals surface area contributed by atoms with E-state index in [1.165, 1.54) is 0 Å². The summed E-state index contributed by atoms with van der Waals surface area (Å²) in [7, 11) is -1.27. The van der Waals surface area contributed by atoms with Crippen LogP contribution in [0, 0.1) is 5.92 Å². The third-order valence-corrected chi connectivity index (χ3v) is 6.28. The number of piperidine rings is 1. The van der Waals surface area contributed by atoms with E-state index >= 15 is 0 Å². The van der Waals surface area contributed by atoms with Crippen LogP contribution in [0.5, 0.6) is 0 Å². The molecule has 5 nitrogen and oxygen atoms in total. The Morgan fingerprint density at radius 1 is 1.26 bits per heavy atom. The molecule has 1 aliphatic heterocycles. The maximum Gasteiger partial charge on any atom is 0.218 e. The number of sulfonamides is 1. The lowest BCUT2D eigenvalue weighted by molar-refractivity contribution is 0.261. The molecule has 1 atom stereocenters. The van der Waals surface area contributed by atoms with Crippen LogP contribution in [-0.4, -0.2) is 35.4 Å². The lowest BCUT2D eigenvalue weighted by atomic mass is 9.96. The largest absolute Gasteiger partial charge is 0.338 e. The molecule has 124 valence electrons. The third-order valence-electron chi connectivity index (χ3n) is 4.46. The molecule has 0 bridgehead atoms. The number of benzene rings is 1. The smallest absolute Gasteiger partial charge is 0.218 e. The Labute approximate surface area is 138 Å². The minimum atomic E-state index is -3.25. The highest BCUT2D eigenvalue weighted by atomic mass is 32.2. The number of nitrogens with zero attached hydrogens (tertiary/aromatic N) is 3. The minimum absolute atomic E-state index is 0.0863. The van der Waals surface area contributed by atoms with Gasteiger partial charge in [0.1, 0.15) is 5.82 Å². The SMILES string of the molecule is Cn1ccnc1CC1CCCN(S(=O)(=O)Cc2ccccc2)C1. The first-order chi connectivity index (χ1) is 11.0. The Hall–Kier alpha value is -1.66.